The normalized spacial score (nSPS) is 10.8. The standard InChI is InChI=1S/C36H49ClN2O2.BrH/c1-4-5-6-7-8-9-10-11-12-13-14-17-24-41-33-21-20-31(34(37)26-33)25-36(40)38-35-19-16-15-18-32(35)28-39-23-22-29(2)30(3)27-39;/h15-16,18-23,26-27H,4-14,17,24-25,28H2,1-3H3;1H. The number of carbonyl (C=O) groups excluding carboxylic acids is 1. The third-order valence-corrected chi connectivity index (χ3v) is 8.14. The van der Waals surface area contributed by atoms with Gasteiger partial charge < -0.3 is 27.0 Å². The Morgan fingerprint density at radius 3 is 2.10 bits per heavy atom. The maximum absolute atomic E-state index is 12.9. The van der Waals surface area contributed by atoms with E-state index in [1.165, 1.54) is 81.8 Å². The van der Waals surface area contributed by atoms with Crippen molar-refractivity contribution in [3.05, 3.63) is 88.2 Å². The van der Waals surface area contributed by atoms with Crippen molar-refractivity contribution in [3.8, 4) is 5.75 Å². The van der Waals surface area contributed by atoms with Crippen LogP contribution in [0.15, 0.2) is 60.9 Å². The number of unbranched alkanes of at least 4 members (excludes halogenated alkanes) is 11. The average molecular weight is 658 g/mol. The third kappa shape index (κ3) is 13.3. The number of aryl methyl sites for hydroxylation is 2. The lowest BCUT2D eigenvalue weighted by Gasteiger charge is -2.12. The molecule has 230 valence electrons. The monoisotopic (exact) mass is 656 g/mol. The van der Waals surface area contributed by atoms with Gasteiger partial charge in [-0.05, 0) is 49.6 Å². The molecule has 0 saturated carbocycles. The van der Waals surface area contributed by atoms with Gasteiger partial charge in [0.15, 0.2) is 18.9 Å². The molecule has 0 radical (unpaired) electrons. The lowest BCUT2D eigenvalue weighted by molar-refractivity contribution is -0.688. The molecule has 6 heteroatoms. The molecule has 1 heterocycles. The molecule has 0 aliphatic carbocycles. The molecule has 0 saturated heterocycles. The van der Waals surface area contributed by atoms with Gasteiger partial charge in [0, 0.05) is 22.2 Å². The van der Waals surface area contributed by atoms with Crippen LogP contribution in [0.2, 0.25) is 5.02 Å². The zero-order valence-electron chi connectivity index (χ0n) is 25.9. The number of rotatable bonds is 19. The smallest absolute Gasteiger partial charge is 0.228 e. The second-order valence-corrected chi connectivity index (χ2v) is 11.8. The molecule has 42 heavy (non-hydrogen) atoms. The summed E-state index contributed by atoms with van der Waals surface area (Å²) in [4.78, 5) is 12.9. The molecule has 4 nitrogen and oxygen atoms in total. The van der Waals surface area contributed by atoms with Crippen LogP contribution in [0.3, 0.4) is 0 Å². The number of para-hydroxylation sites is 1. The van der Waals surface area contributed by atoms with Gasteiger partial charge in [0.05, 0.1) is 18.7 Å². The first kappa shape index (κ1) is 35.8. The van der Waals surface area contributed by atoms with Crippen LogP contribution < -0.4 is 31.6 Å². The highest BCUT2D eigenvalue weighted by atomic mass is 79.9. The minimum atomic E-state index is -0.0883. The van der Waals surface area contributed by atoms with Gasteiger partial charge in [-0.2, -0.15) is 0 Å². The Labute approximate surface area is 270 Å². The van der Waals surface area contributed by atoms with Crippen LogP contribution in [-0.4, -0.2) is 12.5 Å². The van der Waals surface area contributed by atoms with Crippen molar-refractivity contribution in [2.45, 2.75) is 111 Å². The van der Waals surface area contributed by atoms with E-state index < -0.39 is 0 Å². The van der Waals surface area contributed by atoms with Gasteiger partial charge in [-0.3, -0.25) is 4.79 Å². The maximum Gasteiger partial charge on any atom is 0.228 e. The number of anilines is 1. The summed E-state index contributed by atoms with van der Waals surface area (Å²) in [5.41, 5.74) is 5.18. The van der Waals surface area contributed by atoms with E-state index in [0.29, 0.717) is 18.2 Å². The van der Waals surface area contributed by atoms with E-state index in [0.717, 1.165) is 29.0 Å². The van der Waals surface area contributed by atoms with Crippen molar-refractivity contribution in [1.29, 1.82) is 0 Å². The molecule has 0 aliphatic rings. The largest absolute Gasteiger partial charge is 1.00 e. The number of hydrogen-bond acceptors (Lipinski definition) is 2. The number of halogens is 2. The van der Waals surface area contributed by atoms with Crippen molar-refractivity contribution in [2.75, 3.05) is 11.9 Å². The van der Waals surface area contributed by atoms with Gasteiger partial charge in [0.1, 0.15) is 5.75 Å². The lowest BCUT2D eigenvalue weighted by Crippen LogP contribution is -3.00. The molecule has 1 N–H and O–H groups in total. The number of pyridine rings is 1. The van der Waals surface area contributed by atoms with E-state index in [1.54, 1.807) is 0 Å². The number of aromatic nitrogens is 1. The highest BCUT2D eigenvalue weighted by molar-refractivity contribution is 6.31. The number of amides is 1. The van der Waals surface area contributed by atoms with Crippen molar-refractivity contribution >= 4 is 23.2 Å². The predicted molar refractivity (Wildman–Crippen MR) is 172 cm³/mol. The third-order valence-electron chi connectivity index (χ3n) is 7.78. The van der Waals surface area contributed by atoms with Crippen molar-refractivity contribution in [2.24, 2.45) is 0 Å². The quantitative estimate of drug-likeness (QED) is 0.117. The highest BCUT2D eigenvalue weighted by Crippen LogP contribution is 2.24. The molecule has 3 aromatic rings. The Balaban J connectivity index is 0.00000616. The number of benzene rings is 2. The summed E-state index contributed by atoms with van der Waals surface area (Å²) in [6, 6.07) is 15.7. The highest BCUT2D eigenvalue weighted by Gasteiger charge is 2.13. The van der Waals surface area contributed by atoms with E-state index in [1.807, 2.05) is 42.5 Å². The molecular formula is C36H50BrClN2O2. The topological polar surface area (TPSA) is 42.2 Å². The number of hydrogen-bond donors (Lipinski definition) is 1. The number of carbonyl (C=O) groups is 1. The Bertz CT molecular complexity index is 1220. The average Bonchev–Trinajstić information content (AvgIpc) is 2.96. The Morgan fingerprint density at radius 1 is 0.810 bits per heavy atom. The summed E-state index contributed by atoms with van der Waals surface area (Å²) >= 11 is 6.54. The molecule has 3 rings (SSSR count). The molecule has 0 bridgehead atoms. The van der Waals surface area contributed by atoms with Gasteiger partial charge in [0.2, 0.25) is 5.91 Å². The second kappa shape index (κ2) is 20.5. The van der Waals surface area contributed by atoms with Crippen molar-refractivity contribution in [3.63, 3.8) is 0 Å². The molecule has 0 unspecified atom stereocenters. The van der Waals surface area contributed by atoms with Crippen molar-refractivity contribution < 1.29 is 31.1 Å². The van der Waals surface area contributed by atoms with Crippen LogP contribution in [0.4, 0.5) is 5.69 Å². The summed E-state index contributed by atoms with van der Waals surface area (Å²) in [6.45, 7) is 7.87. The molecule has 1 aromatic heterocycles. The molecule has 2 aromatic carbocycles. The van der Waals surface area contributed by atoms with Gasteiger partial charge in [-0.15, -0.1) is 0 Å². The fourth-order valence-electron chi connectivity index (χ4n) is 5.07. The van der Waals surface area contributed by atoms with Crippen molar-refractivity contribution in [1.82, 2.24) is 0 Å². The summed E-state index contributed by atoms with van der Waals surface area (Å²) in [7, 11) is 0. The first-order valence-electron chi connectivity index (χ1n) is 15.7. The summed E-state index contributed by atoms with van der Waals surface area (Å²) < 4.78 is 8.07. The van der Waals surface area contributed by atoms with Gasteiger partial charge in [-0.1, -0.05) is 113 Å². The molecule has 0 aliphatic heterocycles. The minimum absolute atomic E-state index is 0. The van der Waals surface area contributed by atoms with Gasteiger partial charge >= 0.3 is 0 Å². The maximum atomic E-state index is 12.9. The molecular weight excluding hydrogens is 608 g/mol. The van der Waals surface area contributed by atoms with E-state index in [9.17, 15) is 4.79 Å². The Morgan fingerprint density at radius 2 is 1.45 bits per heavy atom. The number of ether oxygens (including phenoxy) is 1. The Hall–Kier alpha value is -2.37. The lowest BCUT2D eigenvalue weighted by atomic mass is 10.1. The fourth-order valence-corrected chi connectivity index (χ4v) is 5.31. The molecule has 0 atom stereocenters. The number of nitrogens with zero attached hydrogens (tertiary/aromatic N) is 1. The first-order chi connectivity index (χ1) is 20.0. The predicted octanol–water partition coefficient (Wildman–Crippen LogP) is 6.56. The summed E-state index contributed by atoms with van der Waals surface area (Å²) in [5, 5.41) is 3.65. The second-order valence-electron chi connectivity index (χ2n) is 11.4. The number of nitrogens with one attached hydrogen (secondary N) is 1. The van der Waals surface area contributed by atoms with Gasteiger partial charge in [0.25, 0.3) is 0 Å². The van der Waals surface area contributed by atoms with Crippen LogP contribution in [0.1, 0.15) is 106 Å². The van der Waals surface area contributed by atoms with Crippen LogP contribution in [-0.2, 0) is 17.8 Å². The summed E-state index contributed by atoms with van der Waals surface area (Å²) in [6.07, 6.45) is 20.3. The van der Waals surface area contributed by atoms with E-state index in [-0.39, 0.29) is 29.3 Å². The van der Waals surface area contributed by atoms with Gasteiger partial charge in [-0.25, -0.2) is 4.57 Å². The fraction of sp³-hybridized carbons (Fsp3) is 0.500. The van der Waals surface area contributed by atoms with Crippen LogP contribution in [0.5, 0.6) is 5.75 Å². The zero-order chi connectivity index (χ0) is 29.3. The first-order valence-corrected chi connectivity index (χ1v) is 16.1. The zero-order valence-corrected chi connectivity index (χ0v) is 28.2. The molecule has 0 spiro atoms. The SMILES string of the molecule is CCCCCCCCCCCCCCOc1ccc(CC(=O)Nc2ccccc2C[n+]2ccc(C)c(C)c2)c(Cl)c1.[Br-]. The minimum Gasteiger partial charge on any atom is -1.00 e. The van der Waals surface area contributed by atoms with E-state index in [2.05, 4.69) is 49.1 Å². The van der Waals surface area contributed by atoms with Crippen LogP contribution in [0, 0.1) is 13.8 Å². The van der Waals surface area contributed by atoms with Crippen LogP contribution >= 0.6 is 11.6 Å². The molecule has 0 fully saturated rings. The Kier molecular flexibility index (Phi) is 17.5. The van der Waals surface area contributed by atoms with E-state index in [4.69, 9.17) is 16.3 Å². The van der Waals surface area contributed by atoms with Crippen LogP contribution in [0.25, 0.3) is 0 Å². The molecule has 1 amide bonds. The van der Waals surface area contributed by atoms with E-state index >= 15 is 0 Å². The summed E-state index contributed by atoms with van der Waals surface area (Å²) in [5.74, 6) is 0.674.